The molecule has 0 atom stereocenters. The highest BCUT2D eigenvalue weighted by molar-refractivity contribution is 5.90. The summed E-state index contributed by atoms with van der Waals surface area (Å²) in [7, 11) is 0. The molecule has 0 amide bonds. The molecule has 2 aromatic heterocycles. The maximum absolute atomic E-state index is 10.9. The molecule has 1 aromatic carbocycles. The van der Waals surface area contributed by atoms with Crippen LogP contribution >= 0.6 is 0 Å². The molecule has 0 fully saturated rings. The average Bonchev–Trinajstić information content (AvgIpc) is 3.06. The maximum Gasteiger partial charge on any atom is 0.338 e. The lowest BCUT2D eigenvalue weighted by molar-refractivity contribution is -0.383. The van der Waals surface area contributed by atoms with Crippen molar-refractivity contribution in [1.82, 2.24) is 20.1 Å². The Morgan fingerprint density at radius 3 is 2.75 bits per heavy atom. The third-order valence-corrected chi connectivity index (χ3v) is 2.65. The van der Waals surface area contributed by atoms with Gasteiger partial charge in [-0.2, -0.15) is 5.10 Å². The van der Waals surface area contributed by atoms with Crippen molar-refractivity contribution in [1.29, 1.82) is 0 Å². The zero-order valence-electron chi connectivity index (χ0n) is 9.63. The lowest BCUT2D eigenvalue weighted by Gasteiger charge is -2.00. The van der Waals surface area contributed by atoms with Gasteiger partial charge in [-0.05, 0) is 16.4 Å². The average molecular weight is 275 g/mol. The summed E-state index contributed by atoms with van der Waals surface area (Å²) in [6, 6.07) is 2.62. The maximum atomic E-state index is 10.9. The summed E-state index contributed by atoms with van der Waals surface area (Å²) in [5.74, 6) is -1.13. The summed E-state index contributed by atoms with van der Waals surface area (Å²) >= 11 is 0. The van der Waals surface area contributed by atoms with E-state index in [1.165, 1.54) is 23.0 Å². The van der Waals surface area contributed by atoms with Crippen LogP contribution < -0.4 is 0 Å². The molecule has 0 saturated heterocycles. The van der Waals surface area contributed by atoms with Gasteiger partial charge < -0.3 is 5.11 Å². The number of carboxylic acid groups (broad SMARTS) is 1. The molecule has 2 heterocycles. The van der Waals surface area contributed by atoms with Crippen molar-refractivity contribution >= 4 is 22.7 Å². The van der Waals surface area contributed by atoms with Gasteiger partial charge in [0.2, 0.25) is 5.52 Å². The van der Waals surface area contributed by atoms with Crippen molar-refractivity contribution in [3.63, 3.8) is 0 Å². The second-order valence-corrected chi connectivity index (χ2v) is 3.80. The molecule has 0 spiro atoms. The summed E-state index contributed by atoms with van der Waals surface area (Å²) in [6.07, 6.45) is 2.42. The number of nitro benzene ring substituents is 1. The molecule has 10 heteroatoms. The molecule has 10 nitrogen and oxygen atoms in total. The number of carbonyl (C=O) groups is 1. The number of rotatable bonds is 3. The van der Waals surface area contributed by atoms with Crippen molar-refractivity contribution in [3.8, 4) is 5.69 Å². The minimum absolute atomic E-state index is 0.0204. The predicted octanol–water partition coefficient (Wildman–Crippen LogP) is 1.01. The minimum Gasteiger partial charge on any atom is -0.478 e. The first kappa shape index (κ1) is 11.8. The monoisotopic (exact) mass is 275 g/mol. The van der Waals surface area contributed by atoms with Crippen LogP contribution in [-0.2, 0) is 0 Å². The Kier molecular flexibility index (Phi) is 2.42. The smallest absolute Gasteiger partial charge is 0.338 e. The van der Waals surface area contributed by atoms with Crippen LogP contribution in [0.2, 0.25) is 0 Å². The van der Waals surface area contributed by atoms with Crippen LogP contribution in [0.3, 0.4) is 0 Å². The Bertz CT molecular complexity index is 836. The van der Waals surface area contributed by atoms with Gasteiger partial charge in [-0.1, -0.05) is 0 Å². The van der Waals surface area contributed by atoms with Crippen LogP contribution in [0.15, 0.2) is 29.2 Å². The molecule has 100 valence electrons. The topological polar surface area (TPSA) is 137 Å². The number of carboxylic acids is 1. The van der Waals surface area contributed by atoms with E-state index < -0.39 is 10.9 Å². The van der Waals surface area contributed by atoms with Gasteiger partial charge in [0, 0.05) is 12.3 Å². The van der Waals surface area contributed by atoms with Crippen molar-refractivity contribution in [2.24, 2.45) is 0 Å². The molecule has 0 saturated carbocycles. The normalized spacial score (nSPS) is 10.8. The van der Waals surface area contributed by atoms with Crippen LogP contribution in [0.5, 0.6) is 0 Å². The van der Waals surface area contributed by atoms with Gasteiger partial charge in [-0.3, -0.25) is 10.1 Å². The zero-order valence-corrected chi connectivity index (χ0v) is 9.63. The van der Waals surface area contributed by atoms with Gasteiger partial charge >= 0.3 is 11.7 Å². The molecule has 3 aromatic rings. The summed E-state index contributed by atoms with van der Waals surface area (Å²) in [5, 5.41) is 30.6. The highest BCUT2D eigenvalue weighted by atomic mass is 16.6. The largest absolute Gasteiger partial charge is 0.478 e. The number of hydrogen-bond donors (Lipinski definition) is 1. The fourth-order valence-corrected chi connectivity index (χ4v) is 1.74. The van der Waals surface area contributed by atoms with Crippen LogP contribution in [0.1, 0.15) is 10.4 Å². The lowest BCUT2D eigenvalue weighted by atomic mass is 10.2. The fourth-order valence-electron chi connectivity index (χ4n) is 1.74. The fraction of sp³-hybridized carbons (Fsp3) is 0. The minimum atomic E-state index is -1.13. The molecule has 0 aliphatic heterocycles. The molecular weight excluding hydrogens is 270 g/mol. The Labute approximate surface area is 109 Å². The SMILES string of the molecule is O=C(O)c1cnn(-c2ccc([N+](=O)[O-])c3nonc23)c1. The van der Waals surface area contributed by atoms with E-state index in [0.717, 1.165) is 6.20 Å². The number of nitrogens with zero attached hydrogens (tertiary/aromatic N) is 5. The van der Waals surface area contributed by atoms with Crippen LogP contribution in [0, 0.1) is 10.1 Å². The number of benzene rings is 1. The Balaban J connectivity index is 2.21. The number of aromatic carboxylic acids is 1. The first-order valence-electron chi connectivity index (χ1n) is 5.26. The summed E-state index contributed by atoms with van der Waals surface area (Å²) in [5.41, 5.74) is 0.155. The van der Waals surface area contributed by atoms with E-state index in [-0.39, 0.29) is 22.3 Å². The predicted molar refractivity (Wildman–Crippen MR) is 62.5 cm³/mol. The zero-order chi connectivity index (χ0) is 14.3. The standard InChI is InChI=1S/C10H5N5O5/c16-10(17)5-3-11-14(4-5)6-1-2-7(15(18)19)9-8(6)12-20-13-9/h1-4H,(H,16,17). The highest BCUT2D eigenvalue weighted by Crippen LogP contribution is 2.27. The number of nitro groups is 1. The van der Waals surface area contributed by atoms with E-state index in [1.807, 2.05) is 0 Å². The Morgan fingerprint density at radius 2 is 2.10 bits per heavy atom. The van der Waals surface area contributed by atoms with Crippen LogP contribution in [0.25, 0.3) is 16.7 Å². The quantitative estimate of drug-likeness (QED) is 0.552. The third-order valence-electron chi connectivity index (χ3n) is 2.65. The third kappa shape index (κ3) is 1.67. The lowest BCUT2D eigenvalue weighted by Crippen LogP contribution is -1.98. The number of aromatic nitrogens is 4. The van der Waals surface area contributed by atoms with Crippen molar-refractivity contribution in [3.05, 3.63) is 40.2 Å². The van der Waals surface area contributed by atoms with Gasteiger partial charge in [0.25, 0.3) is 0 Å². The van der Waals surface area contributed by atoms with Crippen molar-refractivity contribution in [2.45, 2.75) is 0 Å². The molecule has 0 aliphatic rings. The Hall–Kier alpha value is -3.30. The molecule has 3 rings (SSSR count). The van der Waals surface area contributed by atoms with E-state index in [4.69, 9.17) is 5.11 Å². The summed E-state index contributed by atoms with van der Waals surface area (Å²) in [4.78, 5) is 21.1. The van der Waals surface area contributed by atoms with E-state index in [1.54, 1.807) is 0 Å². The molecule has 20 heavy (non-hydrogen) atoms. The van der Waals surface area contributed by atoms with E-state index >= 15 is 0 Å². The summed E-state index contributed by atoms with van der Waals surface area (Å²) in [6.45, 7) is 0. The molecule has 0 aliphatic carbocycles. The second-order valence-electron chi connectivity index (χ2n) is 3.80. The van der Waals surface area contributed by atoms with Gasteiger partial charge in [-0.15, -0.1) is 0 Å². The van der Waals surface area contributed by atoms with E-state index in [2.05, 4.69) is 20.0 Å². The molecule has 0 unspecified atom stereocenters. The first-order valence-corrected chi connectivity index (χ1v) is 5.26. The van der Waals surface area contributed by atoms with Crippen molar-refractivity contribution < 1.29 is 19.5 Å². The number of fused-ring (bicyclic) bond motifs is 1. The van der Waals surface area contributed by atoms with Crippen molar-refractivity contribution in [2.75, 3.05) is 0 Å². The van der Waals surface area contributed by atoms with Gasteiger partial charge in [-0.25, -0.2) is 14.1 Å². The van der Waals surface area contributed by atoms with Gasteiger partial charge in [0.1, 0.15) is 0 Å². The number of non-ortho nitro benzene ring substituents is 1. The Morgan fingerprint density at radius 1 is 1.35 bits per heavy atom. The van der Waals surface area contributed by atoms with E-state index in [9.17, 15) is 14.9 Å². The van der Waals surface area contributed by atoms with Crippen LogP contribution in [-0.4, -0.2) is 36.1 Å². The summed E-state index contributed by atoms with van der Waals surface area (Å²) < 4.78 is 5.75. The number of hydrogen-bond acceptors (Lipinski definition) is 7. The first-order chi connectivity index (χ1) is 9.58. The van der Waals surface area contributed by atoms with Gasteiger partial charge in [0.05, 0.1) is 22.4 Å². The molecule has 0 radical (unpaired) electrons. The molecule has 0 bridgehead atoms. The van der Waals surface area contributed by atoms with E-state index in [0.29, 0.717) is 5.69 Å². The highest BCUT2D eigenvalue weighted by Gasteiger charge is 2.21. The second kappa shape index (κ2) is 4.12. The molecular formula is C10H5N5O5. The van der Waals surface area contributed by atoms with Gasteiger partial charge in [0.15, 0.2) is 5.52 Å². The van der Waals surface area contributed by atoms with Crippen LogP contribution in [0.4, 0.5) is 5.69 Å². The molecule has 1 N–H and O–H groups in total.